The smallest absolute Gasteiger partial charge is 0.308 e. The first-order valence-corrected chi connectivity index (χ1v) is 9.52. The Balaban J connectivity index is 1.43. The molecule has 0 spiro atoms. The molecule has 1 aromatic carbocycles. The molecule has 1 saturated carbocycles. The molecule has 0 radical (unpaired) electrons. The van der Waals surface area contributed by atoms with Crippen LogP contribution < -0.4 is 10.1 Å². The Morgan fingerprint density at radius 3 is 2.71 bits per heavy atom. The van der Waals surface area contributed by atoms with E-state index in [1.54, 1.807) is 12.3 Å². The molecule has 2 fully saturated rings. The summed E-state index contributed by atoms with van der Waals surface area (Å²) in [5.41, 5.74) is 1.78. The van der Waals surface area contributed by atoms with Crippen molar-refractivity contribution >= 4 is 5.97 Å². The van der Waals surface area contributed by atoms with E-state index in [-0.39, 0.29) is 24.7 Å². The van der Waals surface area contributed by atoms with Crippen LogP contribution in [0.4, 0.5) is 0 Å². The Labute approximate surface area is 163 Å². The maximum atomic E-state index is 11.6. The number of carboxylic acid groups (broad SMARTS) is 1. The number of aliphatic hydroxyl groups excluding tert-OH is 1. The van der Waals surface area contributed by atoms with E-state index in [0.29, 0.717) is 19.1 Å². The molecule has 1 aliphatic heterocycles. The van der Waals surface area contributed by atoms with Crippen LogP contribution in [0.2, 0.25) is 0 Å². The van der Waals surface area contributed by atoms with Gasteiger partial charge in [-0.25, -0.2) is 4.98 Å². The predicted molar refractivity (Wildman–Crippen MR) is 101 cm³/mol. The summed E-state index contributed by atoms with van der Waals surface area (Å²) in [4.78, 5) is 16.0. The molecular weight excluding hydrogens is 360 g/mol. The summed E-state index contributed by atoms with van der Waals surface area (Å²) < 4.78 is 11.1. The number of benzene rings is 1. The maximum absolute atomic E-state index is 11.6. The number of aliphatic hydroxyl groups is 1. The molecule has 3 N–H and O–H groups in total. The van der Waals surface area contributed by atoms with Crippen LogP contribution in [0.3, 0.4) is 0 Å². The molecular formula is C21H24N2O5. The van der Waals surface area contributed by atoms with Crippen LogP contribution >= 0.6 is 0 Å². The molecule has 0 amide bonds. The van der Waals surface area contributed by atoms with Gasteiger partial charge >= 0.3 is 5.97 Å². The van der Waals surface area contributed by atoms with E-state index in [0.717, 1.165) is 17.5 Å². The number of hydrogen-bond donors (Lipinski definition) is 3. The predicted octanol–water partition coefficient (Wildman–Crippen LogP) is 1.74. The van der Waals surface area contributed by atoms with Gasteiger partial charge < -0.3 is 25.0 Å². The van der Waals surface area contributed by atoms with Crippen LogP contribution in [0.15, 0.2) is 48.7 Å². The molecule has 2 aliphatic rings. The second-order valence-electron chi connectivity index (χ2n) is 7.26. The van der Waals surface area contributed by atoms with Gasteiger partial charge in [0.25, 0.3) is 0 Å². The lowest BCUT2D eigenvalue weighted by Gasteiger charge is -2.17. The number of nitrogens with one attached hydrogen (secondary N) is 1. The van der Waals surface area contributed by atoms with Gasteiger partial charge in [-0.15, -0.1) is 0 Å². The molecule has 4 rings (SSSR count). The van der Waals surface area contributed by atoms with Crippen molar-refractivity contribution < 1.29 is 24.5 Å². The molecule has 5 atom stereocenters. The zero-order chi connectivity index (χ0) is 19.5. The molecule has 1 aliphatic carbocycles. The summed E-state index contributed by atoms with van der Waals surface area (Å²) in [6.07, 6.45) is 2.54. The molecule has 7 nitrogen and oxygen atoms in total. The zero-order valence-corrected chi connectivity index (χ0v) is 15.4. The van der Waals surface area contributed by atoms with Gasteiger partial charge in [-0.1, -0.05) is 36.4 Å². The highest BCUT2D eigenvalue weighted by Crippen LogP contribution is 2.48. The molecule has 148 valence electrons. The summed E-state index contributed by atoms with van der Waals surface area (Å²) in [5, 5.41) is 22.7. The molecule has 28 heavy (non-hydrogen) atoms. The minimum absolute atomic E-state index is 0.0273. The van der Waals surface area contributed by atoms with Crippen LogP contribution in [0.1, 0.15) is 29.5 Å². The van der Waals surface area contributed by atoms with Gasteiger partial charge in [-0.05, 0) is 11.1 Å². The molecule has 1 saturated heterocycles. The Morgan fingerprint density at radius 2 is 2.11 bits per heavy atom. The average molecular weight is 384 g/mol. The highest BCUT2D eigenvalue weighted by Gasteiger charge is 2.56. The van der Waals surface area contributed by atoms with Gasteiger partial charge in [-0.3, -0.25) is 4.79 Å². The fourth-order valence-corrected chi connectivity index (χ4v) is 3.85. The Bertz CT molecular complexity index is 792. The average Bonchev–Trinajstić information content (AvgIpc) is 3.21. The van der Waals surface area contributed by atoms with Gasteiger partial charge in [0.15, 0.2) is 0 Å². The highest BCUT2D eigenvalue weighted by atomic mass is 16.5. The molecule has 0 bridgehead atoms. The monoisotopic (exact) mass is 384 g/mol. The first-order valence-electron chi connectivity index (χ1n) is 9.52. The van der Waals surface area contributed by atoms with Gasteiger partial charge in [0.05, 0.1) is 31.8 Å². The number of hydrogen-bond acceptors (Lipinski definition) is 6. The van der Waals surface area contributed by atoms with Gasteiger partial charge in [0, 0.05) is 30.6 Å². The molecule has 2 heterocycles. The van der Waals surface area contributed by atoms with Crippen molar-refractivity contribution in [2.45, 2.75) is 30.5 Å². The summed E-state index contributed by atoms with van der Waals surface area (Å²) >= 11 is 0. The van der Waals surface area contributed by atoms with Crippen molar-refractivity contribution in [3.05, 3.63) is 59.8 Å². The Hall–Kier alpha value is -2.48. The lowest BCUT2D eigenvalue weighted by molar-refractivity contribution is -0.138. The lowest BCUT2D eigenvalue weighted by Crippen LogP contribution is -2.29. The Kier molecular flexibility index (Phi) is 5.57. The number of aliphatic carboxylic acids is 1. The first kappa shape index (κ1) is 18.9. The van der Waals surface area contributed by atoms with Crippen LogP contribution in [0.5, 0.6) is 5.88 Å². The maximum Gasteiger partial charge on any atom is 0.308 e. The van der Waals surface area contributed by atoms with Crippen molar-refractivity contribution in [3.8, 4) is 5.88 Å². The summed E-state index contributed by atoms with van der Waals surface area (Å²) in [6.45, 7) is 1.13. The van der Waals surface area contributed by atoms with E-state index in [1.165, 1.54) is 0 Å². The van der Waals surface area contributed by atoms with E-state index in [1.807, 2.05) is 36.4 Å². The third-order valence-electron chi connectivity index (χ3n) is 5.40. The van der Waals surface area contributed by atoms with Gasteiger partial charge in [0.2, 0.25) is 5.88 Å². The molecule has 1 unspecified atom stereocenters. The van der Waals surface area contributed by atoms with Gasteiger partial charge in [0.1, 0.15) is 6.10 Å². The molecule has 7 heteroatoms. The quantitative estimate of drug-likeness (QED) is 0.637. The number of pyridine rings is 1. The SMILES string of the molecule is O=C(O)[C@H]1C(N[C@@H](CO)c2ccc(O[C@H]3CCOC3)nc2)[C@@H]1c1ccccc1. The van der Waals surface area contributed by atoms with E-state index in [4.69, 9.17) is 9.47 Å². The molecule has 1 aromatic heterocycles. The van der Waals surface area contributed by atoms with E-state index < -0.39 is 17.9 Å². The topological polar surface area (TPSA) is 101 Å². The standard InChI is InChI=1S/C21H24N2O5/c24-11-16(14-6-7-17(22-10-14)28-15-8-9-27-12-15)23-20-18(19(20)21(25)26)13-4-2-1-3-5-13/h1-7,10,15-16,18-20,23-24H,8-9,11-12H2,(H,25,26)/t15-,16-,18+,19+,20?/m0/s1. The van der Waals surface area contributed by atoms with Crippen molar-refractivity contribution in [2.24, 2.45) is 5.92 Å². The Morgan fingerprint density at radius 1 is 1.29 bits per heavy atom. The minimum Gasteiger partial charge on any atom is -0.481 e. The number of carbonyl (C=O) groups is 1. The third kappa shape index (κ3) is 4.01. The van der Waals surface area contributed by atoms with Crippen molar-refractivity contribution in [1.29, 1.82) is 0 Å². The van der Waals surface area contributed by atoms with E-state index >= 15 is 0 Å². The van der Waals surface area contributed by atoms with Crippen LogP contribution in [-0.4, -0.2) is 53.1 Å². The van der Waals surface area contributed by atoms with Crippen LogP contribution in [0.25, 0.3) is 0 Å². The van der Waals surface area contributed by atoms with E-state index in [9.17, 15) is 15.0 Å². The van der Waals surface area contributed by atoms with Crippen molar-refractivity contribution in [1.82, 2.24) is 10.3 Å². The minimum atomic E-state index is -0.830. The number of nitrogens with zero attached hydrogens (tertiary/aromatic N) is 1. The highest BCUT2D eigenvalue weighted by molar-refractivity contribution is 5.77. The fourth-order valence-electron chi connectivity index (χ4n) is 3.85. The zero-order valence-electron chi connectivity index (χ0n) is 15.4. The second-order valence-corrected chi connectivity index (χ2v) is 7.26. The van der Waals surface area contributed by atoms with Crippen LogP contribution in [0, 0.1) is 5.92 Å². The van der Waals surface area contributed by atoms with Crippen molar-refractivity contribution in [3.63, 3.8) is 0 Å². The third-order valence-corrected chi connectivity index (χ3v) is 5.40. The largest absolute Gasteiger partial charge is 0.481 e. The second kappa shape index (κ2) is 8.26. The normalized spacial score (nSPS) is 27.3. The summed E-state index contributed by atoms with van der Waals surface area (Å²) in [6, 6.07) is 12.6. The first-order chi connectivity index (χ1) is 13.7. The number of aromatic nitrogens is 1. The lowest BCUT2D eigenvalue weighted by atomic mass is 10.1. The molecule has 2 aromatic rings. The number of ether oxygens (including phenoxy) is 2. The van der Waals surface area contributed by atoms with Gasteiger partial charge in [-0.2, -0.15) is 0 Å². The van der Waals surface area contributed by atoms with E-state index in [2.05, 4.69) is 10.3 Å². The number of carboxylic acids is 1. The summed E-state index contributed by atoms with van der Waals surface area (Å²) in [5.74, 6) is -0.920. The van der Waals surface area contributed by atoms with Crippen molar-refractivity contribution in [2.75, 3.05) is 19.8 Å². The van der Waals surface area contributed by atoms with Crippen LogP contribution in [-0.2, 0) is 9.53 Å². The summed E-state index contributed by atoms with van der Waals surface area (Å²) in [7, 11) is 0. The fraction of sp³-hybridized carbons (Fsp3) is 0.429. The number of rotatable bonds is 8.